The number of benzene rings is 1. The van der Waals surface area contributed by atoms with Crippen LogP contribution >= 0.6 is 0 Å². The van der Waals surface area contributed by atoms with Crippen molar-refractivity contribution < 1.29 is 9.21 Å². The molecule has 0 aliphatic carbocycles. The number of rotatable bonds is 3. The van der Waals surface area contributed by atoms with Crippen molar-refractivity contribution in [3.63, 3.8) is 0 Å². The molecule has 1 aromatic heterocycles. The molecule has 2 N–H and O–H groups in total. The van der Waals surface area contributed by atoms with Crippen LogP contribution in [0.1, 0.15) is 38.5 Å². The molecule has 1 aromatic carbocycles. The molecule has 1 unspecified atom stereocenters. The Balaban J connectivity index is 1.73. The lowest BCUT2D eigenvalue weighted by molar-refractivity contribution is -0.132. The fourth-order valence-corrected chi connectivity index (χ4v) is 2.86. The average molecular weight is 286 g/mol. The van der Waals surface area contributed by atoms with E-state index in [4.69, 9.17) is 4.42 Å². The van der Waals surface area contributed by atoms with Crippen LogP contribution in [0.2, 0.25) is 0 Å². The van der Waals surface area contributed by atoms with Gasteiger partial charge in [-0.25, -0.2) is 0 Å². The van der Waals surface area contributed by atoms with E-state index < -0.39 is 0 Å². The summed E-state index contributed by atoms with van der Waals surface area (Å²) in [6.07, 6.45) is 1.76. The van der Waals surface area contributed by atoms with Crippen LogP contribution in [-0.2, 0) is 4.79 Å². The van der Waals surface area contributed by atoms with E-state index in [9.17, 15) is 4.79 Å². The second kappa shape index (κ2) is 5.53. The predicted molar refractivity (Wildman–Crippen MR) is 83.0 cm³/mol. The summed E-state index contributed by atoms with van der Waals surface area (Å²) in [5.74, 6) is 0.930. The molecule has 0 saturated carbocycles. The van der Waals surface area contributed by atoms with Gasteiger partial charge in [0.1, 0.15) is 11.3 Å². The molecule has 4 nitrogen and oxygen atoms in total. The maximum Gasteiger partial charge on any atom is 0.226 e. The molecular formula is C17H22N2O2. The molecule has 1 atom stereocenters. The number of piperidine rings is 1. The first-order valence-corrected chi connectivity index (χ1v) is 7.59. The highest BCUT2D eigenvalue weighted by Crippen LogP contribution is 2.30. The molecule has 0 radical (unpaired) electrons. The van der Waals surface area contributed by atoms with Crippen molar-refractivity contribution in [3.05, 3.63) is 36.1 Å². The second-order valence-corrected chi connectivity index (χ2v) is 6.19. The van der Waals surface area contributed by atoms with E-state index in [1.54, 1.807) is 0 Å². The van der Waals surface area contributed by atoms with E-state index in [1.165, 1.54) is 0 Å². The van der Waals surface area contributed by atoms with Gasteiger partial charge in [-0.3, -0.25) is 4.79 Å². The van der Waals surface area contributed by atoms with E-state index >= 15 is 0 Å². The number of carbonyl (C=O) groups excluding carboxylic acids is 1. The summed E-state index contributed by atoms with van der Waals surface area (Å²) in [6.45, 7) is 5.83. The minimum Gasteiger partial charge on any atom is -0.459 e. The van der Waals surface area contributed by atoms with Gasteiger partial charge in [0.25, 0.3) is 0 Å². The fraction of sp³-hybridized carbons (Fsp3) is 0.471. The second-order valence-electron chi connectivity index (χ2n) is 6.19. The topological polar surface area (TPSA) is 54.3 Å². The summed E-state index contributed by atoms with van der Waals surface area (Å²) in [6, 6.07) is 9.80. The maximum absolute atomic E-state index is 12.5. The molecule has 3 rings (SSSR count). The van der Waals surface area contributed by atoms with Crippen LogP contribution in [0.15, 0.2) is 34.7 Å². The lowest BCUT2D eigenvalue weighted by Gasteiger charge is -2.33. The quantitative estimate of drug-likeness (QED) is 0.912. The lowest BCUT2D eigenvalue weighted by Crippen LogP contribution is -2.46. The number of amides is 1. The molecule has 1 aliphatic heterocycles. The Hall–Kier alpha value is -1.81. The predicted octanol–water partition coefficient (Wildman–Crippen LogP) is 3.00. The van der Waals surface area contributed by atoms with Crippen LogP contribution in [0.4, 0.5) is 0 Å². The van der Waals surface area contributed by atoms with E-state index in [2.05, 4.69) is 17.6 Å². The van der Waals surface area contributed by atoms with E-state index in [-0.39, 0.29) is 17.4 Å². The molecule has 1 amide bonds. The van der Waals surface area contributed by atoms with Crippen molar-refractivity contribution in [3.8, 4) is 0 Å². The zero-order chi connectivity index (χ0) is 14.9. The van der Waals surface area contributed by atoms with Gasteiger partial charge in [-0.15, -0.1) is 0 Å². The van der Waals surface area contributed by atoms with Gasteiger partial charge in [0.15, 0.2) is 0 Å². The smallest absolute Gasteiger partial charge is 0.226 e. The summed E-state index contributed by atoms with van der Waals surface area (Å²) < 4.78 is 5.82. The van der Waals surface area contributed by atoms with Crippen LogP contribution in [0, 0.1) is 5.41 Å². The summed E-state index contributed by atoms with van der Waals surface area (Å²) >= 11 is 0. The molecule has 1 saturated heterocycles. The number of furan rings is 1. The van der Waals surface area contributed by atoms with E-state index in [0.29, 0.717) is 0 Å². The highest BCUT2D eigenvalue weighted by molar-refractivity contribution is 5.83. The molecule has 2 aromatic rings. The first-order chi connectivity index (χ1) is 10.1. The lowest BCUT2D eigenvalue weighted by atomic mass is 9.80. The molecule has 2 heterocycles. The van der Waals surface area contributed by atoms with Gasteiger partial charge in [-0.1, -0.05) is 25.1 Å². The van der Waals surface area contributed by atoms with Gasteiger partial charge in [0.2, 0.25) is 5.91 Å². The van der Waals surface area contributed by atoms with E-state index in [1.807, 2.05) is 37.3 Å². The number of nitrogens with one attached hydrogen (secondary N) is 2. The third-order valence-electron chi connectivity index (χ3n) is 4.47. The van der Waals surface area contributed by atoms with Crippen molar-refractivity contribution in [2.45, 2.75) is 32.7 Å². The third-order valence-corrected chi connectivity index (χ3v) is 4.47. The molecule has 21 heavy (non-hydrogen) atoms. The average Bonchev–Trinajstić information content (AvgIpc) is 2.92. The van der Waals surface area contributed by atoms with Crippen LogP contribution < -0.4 is 10.6 Å². The van der Waals surface area contributed by atoms with Gasteiger partial charge >= 0.3 is 0 Å². The Morgan fingerprint density at radius 2 is 2.05 bits per heavy atom. The van der Waals surface area contributed by atoms with Crippen LogP contribution in [-0.4, -0.2) is 19.0 Å². The largest absolute Gasteiger partial charge is 0.459 e. The number of carbonyl (C=O) groups is 1. The van der Waals surface area contributed by atoms with Crippen LogP contribution in [0.25, 0.3) is 11.0 Å². The van der Waals surface area contributed by atoms with Crippen molar-refractivity contribution in [2.75, 3.05) is 13.1 Å². The number of hydrogen-bond donors (Lipinski definition) is 2. The molecule has 1 fully saturated rings. The molecule has 0 bridgehead atoms. The summed E-state index contributed by atoms with van der Waals surface area (Å²) in [7, 11) is 0. The zero-order valence-electron chi connectivity index (χ0n) is 12.6. The first-order valence-electron chi connectivity index (χ1n) is 7.59. The Morgan fingerprint density at radius 3 is 2.76 bits per heavy atom. The summed E-state index contributed by atoms with van der Waals surface area (Å²) in [5, 5.41) is 7.48. The van der Waals surface area contributed by atoms with Gasteiger partial charge in [-0.2, -0.15) is 0 Å². The van der Waals surface area contributed by atoms with Crippen LogP contribution in [0.3, 0.4) is 0 Å². The highest BCUT2D eigenvalue weighted by Gasteiger charge is 2.35. The Labute approximate surface area is 124 Å². The summed E-state index contributed by atoms with van der Waals surface area (Å²) in [5.41, 5.74) is 0.590. The monoisotopic (exact) mass is 286 g/mol. The maximum atomic E-state index is 12.5. The number of hydrogen-bond acceptors (Lipinski definition) is 3. The minimum atomic E-state index is -0.272. The Bertz CT molecular complexity index is 608. The van der Waals surface area contributed by atoms with Crippen LogP contribution in [0.5, 0.6) is 0 Å². The molecule has 0 spiro atoms. The zero-order valence-corrected chi connectivity index (χ0v) is 12.6. The summed E-state index contributed by atoms with van der Waals surface area (Å²) in [4.78, 5) is 12.5. The molecule has 112 valence electrons. The number of para-hydroxylation sites is 1. The standard InChI is InChI=1S/C17H22N2O2/c1-12(15-11-13-5-3-4-6-14(13)21-15)19-16(20)17(2)7-9-18-10-8-17/h3-6,11-12,18H,7-10H2,1-2H3,(H,19,20). The Kier molecular flexibility index (Phi) is 3.72. The number of fused-ring (bicyclic) bond motifs is 1. The van der Waals surface area contributed by atoms with Crippen molar-refractivity contribution >= 4 is 16.9 Å². The molecule has 4 heteroatoms. The van der Waals surface area contributed by atoms with Crippen molar-refractivity contribution in [1.82, 2.24) is 10.6 Å². The van der Waals surface area contributed by atoms with Crippen molar-refractivity contribution in [1.29, 1.82) is 0 Å². The third kappa shape index (κ3) is 2.81. The van der Waals surface area contributed by atoms with Gasteiger partial charge in [0, 0.05) is 10.8 Å². The fourth-order valence-electron chi connectivity index (χ4n) is 2.86. The van der Waals surface area contributed by atoms with Gasteiger partial charge < -0.3 is 15.1 Å². The van der Waals surface area contributed by atoms with Gasteiger partial charge in [-0.05, 0) is 45.0 Å². The Morgan fingerprint density at radius 1 is 1.33 bits per heavy atom. The molecule has 1 aliphatic rings. The highest BCUT2D eigenvalue weighted by atomic mass is 16.3. The minimum absolute atomic E-state index is 0.114. The van der Waals surface area contributed by atoms with Gasteiger partial charge in [0.05, 0.1) is 6.04 Å². The normalized spacial score (nSPS) is 19.3. The SMILES string of the molecule is CC(NC(=O)C1(C)CCNCC1)c1cc2ccccc2o1. The molecular weight excluding hydrogens is 264 g/mol. The van der Waals surface area contributed by atoms with Crippen molar-refractivity contribution in [2.24, 2.45) is 5.41 Å². The van der Waals surface area contributed by atoms with E-state index in [0.717, 1.165) is 42.7 Å². The first kappa shape index (κ1) is 14.1.